The van der Waals surface area contributed by atoms with E-state index < -0.39 is 36.9 Å². The minimum absolute atomic E-state index is 0.185. The quantitative estimate of drug-likeness (QED) is 0.750. The van der Waals surface area contributed by atoms with E-state index in [4.69, 9.17) is 21.1 Å². The lowest BCUT2D eigenvalue weighted by Gasteiger charge is -2.21. The van der Waals surface area contributed by atoms with Crippen LogP contribution >= 0.6 is 11.6 Å². The fourth-order valence-electron chi connectivity index (χ4n) is 3.29. The normalized spacial score (nSPS) is 27.8. The van der Waals surface area contributed by atoms with Gasteiger partial charge in [-0.2, -0.15) is 0 Å². The van der Waals surface area contributed by atoms with Gasteiger partial charge in [0.2, 0.25) is 0 Å². The Morgan fingerprint density at radius 3 is 2.77 bits per heavy atom. The molecular weight excluding hydrogens is 377 g/mol. The molecule has 2 aliphatic rings. The largest absolute Gasteiger partial charge is 0.522 e. The van der Waals surface area contributed by atoms with Crippen LogP contribution in [0.5, 0.6) is 0 Å². The van der Waals surface area contributed by atoms with Gasteiger partial charge in [0.1, 0.15) is 30.4 Å². The van der Waals surface area contributed by atoms with Gasteiger partial charge < -0.3 is 9.47 Å². The topological polar surface area (TPSA) is 71.3 Å². The zero-order valence-corrected chi connectivity index (χ0v) is 14.5. The van der Waals surface area contributed by atoms with Crippen molar-refractivity contribution in [3.05, 3.63) is 23.9 Å². The molecule has 11 heteroatoms. The summed E-state index contributed by atoms with van der Waals surface area (Å²) in [5.41, 5.74) is 1.40. The number of aromatic nitrogens is 4. The number of fused-ring (bicyclic) bond motifs is 2. The Labute approximate surface area is 150 Å². The van der Waals surface area contributed by atoms with Crippen LogP contribution in [0, 0.1) is 5.92 Å². The second kappa shape index (κ2) is 5.88. The SMILES string of the molecule is CC1(C)O[C@@H]2[C@H](COC(F)(F)F)C=C(n3cnc4c(Cl)ncnc43)[C@@H]2O1. The van der Waals surface area contributed by atoms with Gasteiger partial charge in [0.05, 0.1) is 12.3 Å². The van der Waals surface area contributed by atoms with Crippen LogP contribution in [-0.4, -0.2) is 50.5 Å². The highest BCUT2D eigenvalue weighted by atomic mass is 35.5. The molecule has 3 atom stereocenters. The van der Waals surface area contributed by atoms with E-state index in [-0.39, 0.29) is 5.15 Å². The molecule has 140 valence electrons. The lowest BCUT2D eigenvalue weighted by molar-refractivity contribution is -0.328. The maximum atomic E-state index is 12.5. The molecule has 4 rings (SSSR count). The Balaban J connectivity index is 1.72. The number of hydrogen-bond donors (Lipinski definition) is 0. The first-order valence-corrected chi connectivity index (χ1v) is 8.14. The van der Waals surface area contributed by atoms with Crippen LogP contribution in [0.4, 0.5) is 13.2 Å². The summed E-state index contributed by atoms with van der Waals surface area (Å²) >= 11 is 6.01. The van der Waals surface area contributed by atoms with Crippen molar-refractivity contribution in [1.82, 2.24) is 19.5 Å². The first-order chi connectivity index (χ1) is 12.1. The Morgan fingerprint density at radius 1 is 1.27 bits per heavy atom. The maximum absolute atomic E-state index is 12.5. The van der Waals surface area contributed by atoms with E-state index in [1.54, 1.807) is 24.5 Å². The lowest BCUT2D eigenvalue weighted by Crippen LogP contribution is -2.30. The van der Waals surface area contributed by atoms with Crippen LogP contribution in [0.25, 0.3) is 16.9 Å². The Morgan fingerprint density at radius 2 is 2.04 bits per heavy atom. The van der Waals surface area contributed by atoms with Crippen molar-refractivity contribution < 1.29 is 27.4 Å². The summed E-state index contributed by atoms with van der Waals surface area (Å²) in [5.74, 6) is -1.58. The van der Waals surface area contributed by atoms with E-state index in [2.05, 4.69) is 19.7 Å². The summed E-state index contributed by atoms with van der Waals surface area (Å²) in [4.78, 5) is 12.2. The summed E-state index contributed by atoms with van der Waals surface area (Å²) in [6.07, 6.45) is -1.52. The maximum Gasteiger partial charge on any atom is 0.522 e. The molecule has 1 fully saturated rings. The Bertz CT molecular complexity index is 883. The van der Waals surface area contributed by atoms with Crippen molar-refractivity contribution >= 4 is 28.5 Å². The number of rotatable bonds is 3. The van der Waals surface area contributed by atoms with E-state index in [1.165, 1.54) is 12.7 Å². The summed E-state index contributed by atoms with van der Waals surface area (Å²) in [6.45, 7) is 2.83. The molecule has 2 aromatic heterocycles. The van der Waals surface area contributed by atoms with Gasteiger partial charge in [0.15, 0.2) is 16.6 Å². The Hall–Kier alpha value is -1.75. The van der Waals surface area contributed by atoms with E-state index in [0.29, 0.717) is 16.9 Å². The number of imidazole rings is 1. The molecule has 1 aliphatic carbocycles. The predicted octanol–water partition coefficient (Wildman–Crippen LogP) is 3.01. The summed E-state index contributed by atoms with van der Waals surface area (Å²) < 4.78 is 54.7. The summed E-state index contributed by atoms with van der Waals surface area (Å²) in [5, 5.41) is 0.185. The number of nitrogens with zero attached hydrogens (tertiary/aromatic N) is 4. The highest BCUT2D eigenvalue weighted by molar-refractivity contribution is 6.33. The van der Waals surface area contributed by atoms with Crippen molar-refractivity contribution in [3.63, 3.8) is 0 Å². The van der Waals surface area contributed by atoms with Crippen molar-refractivity contribution in [3.8, 4) is 0 Å². The average Bonchev–Trinajstić information content (AvgIpc) is 3.16. The van der Waals surface area contributed by atoms with Gasteiger partial charge in [-0.15, -0.1) is 13.2 Å². The molecule has 1 saturated heterocycles. The van der Waals surface area contributed by atoms with Gasteiger partial charge in [-0.05, 0) is 13.8 Å². The highest BCUT2D eigenvalue weighted by Crippen LogP contribution is 2.44. The van der Waals surface area contributed by atoms with E-state index in [1.807, 2.05) is 0 Å². The number of ether oxygens (including phenoxy) is 3. The second-order valence-electron chi connectivity index (χ2n) is 6.48. The van der Waals surface area contributed by atoms with Crippen molar-refractivity contribution in [2.24, 2.45) is 5.92 Å². The molecule has 7 nitrogen and oxygen atoms in total. The standard InChI is InChI=1S/C15H14ClF3N4O3/c1-14(2)25-10-7(4-24-15(17,18)19)3-8(11(10)26-14)23-6-22-9-12(16)20-5-21-13(9)23/h3,5-7,10-11H,4H2,1-2H3/t7-,10+,11-/m0/s1. The van der Waals surface area contributed by atoms with Gasteiger partial charge in [-0.25, -0.2) is 15.0 Å². The van der Waals surface area contributed by atoms with Gasteiger partial charge in [-0.3, -0.25) is 9.30 Å². The molecule has 0 radical (unpaired) electrons. The van der Waals surface area contributed by atoms with Gasteiger partial charge >= 0.3 is 6.36 Å². The van der Waals surface area contributed by atoms with Gasteiger partial charge in [0.25, 0.3) is 0 Å². The molecule has 2 aromatic rings. The molecule has 0 saturated carbocycles. The molecule has 0 N–H and O–H groups in total. The zero-order chi connectivity index (χ0) is 18.7. The minimum atomic E-state index is -4.72. The third-order valence-electron chi connectivity index (χ3n) is 4.23. The van der Waals surface area contributed by atoms with Crippen LogP contribution in [0.2, 0.25) is 5.15 Å². The molecule has 0 spiro atoms. The molecule has 3 heterocycles. The van der Waals surface area contributed by atoms with Crippen LogP contribution in [0.1, 0.15) is 13.8 Å². The van der Waals surface area contributed by atoms with Crippen LogP contribution in [-0.2, 0) is 14.2 Å². The van der Waals surface area contributed by atoms with Gasteiger partial charge in [-0.1, -0.05) is 17.7 Å². The average molecular weight is 391 g/mol. The molecule has 1 aliphatic heterocycles. The number of hydrogen-bond acceptors (Lipinski definition) is 6. The van der Waals surface area contributed by atoms with Crippen LogP contribution < -0.4 is 0 Å². The van der Waals surface area contributed by atoms with Crippen LogP contribution in [0.15, 0.2) is 18.7 Å². The molecular formula is C15H14ClF3N4O3. The molecule has 0 amide bonds. The van der Waals surface area contributed by atoms with Crippen molar-refractivity contribution in [1.29, 1.82) is 0 Å². The van der Waals surface area contributed by atoms with E-state index >= 15 is 0 Å². The van der Waals surface area contributed by atoms with Gasteiger partial charge in [0, 0.05) is 5.92 Å². The highest BCUT2D eigenvalue weighted by Gasteiger charge is 2.51. The first kappa shape index (κ1) is 17.7. The molecule has 0 aromatic carbocycles. The van der Waals surface area contributed by atoms with Crippen molar-refractivity contribution in [2.75, 3.05) is 6.61 Å². The monoisotopic (exact) mass is 390 g/mol. The third-order valence-corrected chi connectivity index (χ3v) is 4.51. The second-order valence-corrected chi connectivity index (χ2v) is 6.84. The lowest BCUT2D eigenvalue weighted by atomic mass is 10.1. The Kier molecular flexibility index (Phi) is 3.99. The first-order valence-electron chi connectivity index (χ1n) is 7.76. The minimum Gasteiger partial charge on any atom is -0.343 e. The zero-order valence-electron chi connectivity index (χ0n) is 13.7. The smallest absolute Gasteiger partial charge is 0.343 e. The number of alkyl halides is 3. The summed E-state index contributed by atoms with van der Waals surface area (Å²) in [6, 6.07) is 0. The fraction of sp³-hybridized carbons (Fsp3) is 0.533. The van der Waals surface area contributed by atoms with Crippen LogP contribution in [0.3, 0.4) is 0 Å². The predicted molar refractivity (Wildman–Crippen MR) is 83.9 cm³/mol. The number of halogens is 4. The van der Waals surface area contributed by atoms with E-state index in [9.17, 15) is 13.2 Å². The van der Waals surface area contributed by atoms with E-state index in [0.717, 1.165) is 0 Å². The molecule has 26 heavy (non-hydrogen) atoms. The van der Waals surface area contributed by atoms with Crippen molar-refractivity contribution in [2.45, 2.75) is 38.2 Å². The fourth-order valence-corrected chi connectivity index (χ4v) is 3.46. The molecule has 0 bridgehead atoms. The summed E-state index contributed by atoms with van der Waals surface area (Å²) in [7, 11) is 0. The molecule has 0 unspecified atom stereocenters. The third kappa shape index (κ3) is 3.07.